The molecule has 0 saturated carbocycles. The molecule has 3 nitrogen and oxygen atoms in total. The van der Waals surface area contributed by atoms with Gasteiger partial charge in [-0.1, -0.05) is 53.0 Å². The van der Waals surface area contributed by atoms with Gasteiger partial charge in [-0.3, -0.25) is 0 Å². The van der Waals surface area contributed by atoms with Gasteiger partial charge in [0, 0.05) is 10.9 Å². The summed E-state index contributed by atoms with van der Waals surface area (Å²) in [6.07, 6.45) is 1.66. The summed E-state index contributed by atoms with van der Waals surface area (Å²) in [6, 6.07) is 17.2. The number of para-hydroxylation sites is 1. The highest BCUT2D eigenvalue weighted by Crippen LogP contribution is 2.27. The average molecular weight is 256 g/mol. The highest BCUT2D eigenvalue weighted by atomic mass is 32.1. The van der Waals surface area contributed by atoms with Crippen LogP contribution in [0.4, 0.5) is 0 Å². The topological polar surface area (TPSA) is 46.0 Å². The van der Waals surface area contributed by atoms with E-state index in [0.717, 1.165) is 11.1 Å². The van der Waals surface area contributed by atoms with Crippen molar-refractivity contribution >= 4 is 11.5 Å². The first-order valence-electron chi connectivity index (χ1n) is 5.42. The lowest BCUT2D eigenvalue weighted by Crippen LogP contribution is -1.76. The molecule has 1 heterocycles. The Bertz CT molecular complexity index is 550. The van der Waals surface area contributed by atoms with Gasteiger partial charge in [-0.15, -0.1) is 5.10 Å². The predicted molar refractivity (Wildman–Crippen MR) is 73.5 cm³/mol. The Labute approximate surface area is 110 Å². The van der Waals surface area contributed by atoms with Crippen LogP contribution in [0.1, 0.15) is 0 Å². The Hall–Kier alpha value is -2.20. The molecule has 1 aromatic heterocycles. The molecular formula is C14H12N2OS. The molecule has 3 aromatic rings. The molecule has 0 radical (unpaired) electrons. The van der Waals surface area contributed by atoms with E-state index < -0.39 is 0 Å². The molecule has 2 aromatic carbocycles. The zero-order chi connectivity index (χ0) is 12.6. The summed E-state index contributed by atoms with van der Waals surface area (Å²) in [7, 11) is 0. The van der Waals surface area contributed by atoms with Gasteiger partial charge in [-0.05, 0) is 23.2 Å². The second-order valence-electron chi connectivity index (χ2n) is 3.47. The van der Waals surface area contributed by atoms with E-state index in [1.165, 1.54) is 11.5 Å². The van der Waals surface area contributed by atoms with E-state index >= 15 is 0 Å². The minimum absolute atomic E-state index is 0.328. The summed E-state index contributed by atoms with van der Waals surface area (Å²) in [6.45, 7) is 0. The van der Waals surface area contributed by atoms with Crippen molar-refractivity contribution < 1.29 is 5.11 Å². The van der Waals surface area contributed by atoms with Crippen LogP contribution in [0.3, 0.4) is 0 Å². The largest absolute Gasteiger partial charge is 0.507 e. The fourth-order valence-electron chi connectivity index (χ4n) is 1.47. The van der Waals surface area contributed by atoms with Crippen LogP contribution in [0.5, 0.6) is 5.75 Å². The van der Waals surface area contributed by atoms with E-state index in [9.17, 15) is 5.11 Å². The highest BCUT2D eigenvalue weighted by Gasteiger charge is 2.00. The molecule has 0 fully saturated rings. The molecule has 0 unspecified atom stereocenters. The number of benzene rings is 2. The van der Waals surface area contributed by atoms with Gasteiger partial charge < -0.3 is 5.11 Å². The van der Waals surface area contributed by atoms with Crippen LogP contribution >= 0.6 is 11.5 Å². The normalized spacial score (nSPS) is 9.33. The van der Waals surface area contributed by atoms with Crippen LogP contribution in [0.25, 0.3) is 11.1 Å². The van der Waals surface area contributed by atoms with Crippen molar-refractivity contribution in [2.45, 2.75) is 0 Å². The maximum atomic E-state index is 9.56. The molecule has 0 atom stereocenters. The summed E-state index contributed by atoms with van der Waals surface area (Å²) < 4.78 is 3.51. The minimum Gasteiger partial charge on any atom is -0.507 e. The Morgan fingerprint density at radius 2 is 1.61 bits per heavy atom. The predicted octanol–water partition coefficient (Wildman–Crippen LogP) is 3.60. The van der Waals surface area contributed by atoms with E-state index in [4.69, 9.17) is 0 Å². The van der Waals surface area contributed by atoms with Gasteiger partial charge in [0.05, 0.1) is 6.20 Å². The van der Waals surface area contributed by atoms with Gasteiger partial charge in [-0.25, -0.2) is 0 Å². The lowest BCUT2D eigenvalue weighted by molar-refractivity contribution is 0.477. The van der Waals surface area contributed by atoms with E-state index in [-0.39, 0.29) is 0 Å². The van der Waals surface area contributed by atoms with Crippen molar-refractivity contribution in [2.75, 3.05) is 0 Å². The lowest BCUT2D eigenvalue weighted by Gasteiger charge is -2.02. The van der Waals surface area contributed by atoms with Crippen molar-refractivity contribution in [1.82, 2.24) is 9.59 Å². The third-order valence-electron chi connectivity index (χ3n) is 2.27. The third-order valence-corrected chi connectivity index (χ3v) is 2.70. The summed E-state index contributed by atoms with van der Waals surface area (Å²) in [4.78, 5) is 0. The molecule has 0 saturated heterocycles. The van der Waals surface area contributed by atoms with Crippen LogP contribution in [-0.4, -0.2) is 14.7 Å². The van der Waals surface area contributed by atoms with Gasteiger partial charge >= 0.3 is 0 Å². The van der Waals surface area contributed by atoms with Crippen molar-refractivity contribution in [3.05, 3.63) is 66.2 Å². The number of rotatable bonds is 1. The van der Waals surface area contributed by atoms with Crippen LogP contribution in [0.2, 0.25) is 0 Å². The van der Waals surface area contributed by atoms with Crippen LogP contribution in [0, 0.1) is 0 Å². The highest BCUT2D eigenvalue weighted by molar-refractivity contribution is 7.03. The molecule has 0 aliphatic heterocycles. The molecular weight excluding hydrogens is 244 g/mol. The Morgan fingerprint density at radius 3 is 2.17 bits per heavy atom. The van der Waals surface area contributed by atoms with Crippen molar-refractivity contribution in [3.8, 4) is 16.9 Å². The van der Waals surface area contributed by atoms with Crippen molar-refractivity contribution in [1.29, 1.82) is 0 Å². The first kappa shape index (κ1) is 12.3. The zero-order valence-electron chi connectivity index (χ0n) is 9.60. The maximum Gasteiger partial charge on any atom is 0.123 e. The van der Waals surface area contributed by atoms with Crippen molar-refractivity contribution in [3.63, 3.8) is 0 Å². The molecule has 0 spiro atoms. The molecule has 0 aliphatic rings. The molecule has 0 aliphatic carbocycles. The van der Waals surface area contributed by atoms with E-state index in [0.29, 0.717) is 5.75 Å². The Kier molecular flexibility index (Phi) is 4.44. The minimum atomic E-state index is 0.328. The molecule has 0 amide bonds. The third kappa shape index (κ3) is 3.40. The fraction of sp³-hybridized carbons (Fsp3) is 0. The number of hydrogen-bond acceptors (Lipinski definition) is 4. The second kappa shape index (κ2) is 6.51. The van der Waals surface area contributed by atoms with E-state index in [1.54, 1.807) is 12.3 Å². The quantitative estimate of drug-likeness (QED) is 0.723. The van der Waals surface area contributed by atoms with Gasteiger partial charge in [0.15, 0.2) is 0 Å². The molecule has 0 bridgehead atoms. The van der Waals surface area contributed by atoms with Crippen LogP contribution < -0.4 is 0 Å². The first-order valence-corrected chi connectivity index (χ1v) is 6.26. The first-order chi connectivity index (χ1) is 8.88. The Balaban J connectivity index is 0.000000202. The lowest BCUT2D eigenvalue weighted by atomic mass is 10.1. The number of hydrogen-bond donors (Lipinski definition) is 1. The molecule has 18 heavy (non-hydrogen) atoms. The molecule has 90 valence electrons. The standard InChI is InChI=1S/C12H10O.C2H2N2S/c13-12-9-5-4-8-11(12)10-6-2-1-3-7-10;1-2-5-4-3-1/h1-9,13H;1-2H. The van der Waals surface area contributed by atoms with E-state index in [1.807, 2.05) is 53.9 Å². The van der Waals surface area contributed by atoms with Gasteiger partial charge in [0.2, 0.25) is 0 Å². The smallest absolute Gasteiger partial charge is 0.123 e. The Morgan fingerprint density at radius 1 is 0.889 bits per heavy atom. The number of nitrogens with zero attached hydrogens (tertiary/aromatic N) is 2. The molecule has 1 N–H and O–H groups in total. The number of aromatic nitrogens is 2. The summed E-state index contributed by atoms with van der Waals surface area (Å²) in [5.41, 5.74) is 1.92. The van der Waals surface area contributed by atoms with Crippen LogP contribution in [0.15, 0.2) is 66.2 Å². The average Bonchev–Trinajstić information content (AvgIpc) is 2.99. The SMILES string of the molecule is Oc1ccccc1-c1ccccc1.c1csnn1. The molecule has 3 rings (SSSR count). The van der Waals surface area contributed by atoms with Crippen LogP contribution in [-0.2, 0) is 0 Å². The second-order valence-corrected chi connectivity index (χ2v) is 4.12. The fourth-order valence-corrected chi connectivity index (χ4v) is 1.74. The number of phenolic OH excluding ortho intramolecular Hbond substituents is 1. The van der Waals surface area contributed by atoms with Gasteiger partial charge in [0.25, 0.3) is 0 Å². The van der Waals surface area contributed by atoms with Gasteiger partial charge in [0.1, 0.15) is 5.75 Å². The van der Waals surface area contributed by atoms with Gasteiger partial charge in [-0.2, -0.15) is 0 Å². The number of aromatic hydroxyl groups is 1. The summed E-state index contributed by atoms with van der Waals surface area (Å²) in [5, 5.41) is 14.9. The van der Waals surface area contributed by atoms with Crippen molar-refractivity contribution in [2.24, 2.45) is 0 Å². The molecule has 4 heteroatoms. The summed E-state index contributed by atoms with van der Waals surface area (Å²) >= 11 is 1.35. The summed E-state index contributed by atoms with van der Waals surface area (Å²) in [5.74, 6) is 0.328. The zero-order valence-corrected chi connectivity index (χ0v) is 10.4. The maximum absolute atomic E-state index is 9.56. The van der Waals surface area contributed by atoms with E-state index in [2.05, 4.69) is 9.59 Å². The monoisotopic (exact) mass is 256 g/mol. The number of phenols is 1.